The zero-order valence-corrected chi connectivity index (χ0v) is 12.4. The minimum atomic E-state index is -3.22. The maximum atomic E-state index is 12.6. The van der Waals surface area contributed by atoms with Crippen LogP contribution in [0.1, 0.15) is 44.6 Å². The van der Waals surface area contributed by atoms with Crippen molar-refractivity contribution in [2.24, 2.45) is 0 Å². The summed E-state index contributed by atoms with van der Waals surface area (Å²) in [5.41, 5.74) is 1.12. The molecule has 1 fully saturated rings. The molecule has 4 heteroatoms. The largest absolute Gasteiger partial charge is 0.301 e. The molecule has 0 aromatic heterocycles. The van der Waals surface area contributed by atoms with Gasteiger partial charge in [0.25, 0.3) is 0 Å². The maximum absolute atomic E-state index is 12.6. The normalized spacial score (nSPS) is 20.4. The van der Waals surface area contributed by atoms with E-state index in [1.54, 1.807) is 6.07 Å². The molecule has 0 saturated carbocycles. The van der Waals surface area contributed by atoms with Crippen molar-refractivity contribution >= 4 is 9.84 Å². The molecule has 1 unspecified atom stereocenters. The number of piperidine rings is 1. The molecule has 1 aromatic rings. The Bertz CT molecular complexity index is 505. The third kappa shape index (κ3) is 3.57. The van der Waals surface area contributed by atoms with E-state index in [2.05, 4.69) is 12.2 Å². The Morgan fingerprint density at radius 2 is 2.16 bits per heavy atom. The number of rotatable bonds is 5. The van der Waals surface area contributed by atoms with E-state index in [1.165, 1.54) is 0 Å². The minimum absolute atomic E-state index is 0.400. The second kappa shape index (κ2) is 6.53. The molecule has 1 N–H and O–H groups in total. The van der Waals surface area contributed by atoms with Crippen LogP contribution in [0.3, 0.4) is 0 Å². The Balaban J connectivity index is 2.19. The number of hydrogen-bond donors (Lipinski definition) is 1. The maximum Gasteiger partial charge on any atom is 0.194 e. The van der Waals surface area contributed by atoms with Crippen LogP contribution >= 0.6 is 0 Å². The van der Waals surface area contributed by atoms with Crippen molar-refractivity contribution in [3.05, 3.63) is 29.8 Å². The SMILES string of the molecule is CCCCc1cccc(S(=O)(=O)C2CCCCN2)c1. The van der Waals surface area contributed by atoms with Gasteiger partial charge in [0.15, 0.2) is 9.84 Å². The van der Waals surface area contributed by atoms with E-state index in [9.17, 15) is 8.42 Å². The first-order chi connectivity index (χ1) is 9.14. The highest BCUT2D eigenvalue weighted by molar-refractivity contribution is 7.92. The van der Waals surface area contributed by atoms with E-state index in [0.717, 1.165) is 50.6 Å². The molecule has 1 atom stereocenters. The van der Waals surface area contributed by atoms with Gasteiger partial charge in [-0.05, 0) is 56.3 Å². The van der Waals surface area contributed by atoms with Crippen LogP contribution < -0.4 is 5.32 Å². The second-order valence-corrected chi connectivity index (χ2v) is 7.36. The molecule has 3 nitrogen and oxygen atoms in total. The van der Waals surface area contributed by atoms with E-state index >= 15 is 0 Å². The van der Waals surface area contributed by atoms with Gasteiger partial charge in [0.1, 0.15) is 5.37 Å². The topological polar surface area (TPSA) is 46.2 Å². The van der Waals surface area contributed by atoms with Gasteiger partial charge in [-0.2, -0.15) is 0 Å². The fourth-order valence-electron chi connectivity index (χ4n) is 2.51. The first kappa shape index (κ1) is 14.5. The van der Waals surface area contributed by atoms with Crippen molar-refractivity contribution in [1.29, 1.82) is 0 Å². The Morgan fingerprint density at radius 1 is 1.32 bits per heavy atom. The lowest BCUT2D eigenvalue weighted by Crippen LogP contribution is -2.40. The van der Waals surface area contributed by atoms with Crippen molar-refractivity contribution in [2.75, 3.05) is 6.54 Å². The molecule has 0 bridgehead atoms. The van der Waals surface area contributed by atoms with Gasteiger partial charge < -0.3 is 5.32 Å². The number of hydrogen-bond acceptors (Lipinski definition) is 3. The molecule has 2 rings (SSSR count). The van der Waals surface area contributed by atoms with Crippen LogP contribution in [0.25, 0.3) is 0 Å². The predicted octanol–water partition coefficient (Wildman–Crippen LogP) is 2.90. The van der Waals surface area contributed by atoms with Gasteiger partial charge in [0, 0.05) is 0 Å². The molecule has 106 valence electrons. The number of sulfone groups is 1. The lowest BCUT2D eigenvalue weighted by Gasteiger charge is -2.23. The highest BCUT2D eigenvalue weighted by Gasteiger charge is 2.28. The Kier molecular flexibility index (Phi) is 4.99. The average Bonchev–Trinajstić information content (AvgIpc) is 2.46. The monoisotopic (exact) mass is 281 g/mol. The second-order valence-electron chi connectivity index (χ2n) is 5.23. The molecule has 1 saturated heterocycles. The molecule has 19 heavy (non-hydrogen) atoms. The van der Waals surface area contributed by atoms with Crippen LogP contribution in [-0.4, -0.2) is 20.3 Å². The highest BCUT2D eigenvalue weighted by Crippen LogP contribution is 2.22. The molecule has 0 spiro atoms. The van der Waals surface area contributed by atoms with Crippen LogP contribution in [0, 0.1) is 0 Å². The summed E-state index contributed by atoms with van der Waals surface area (Å²) in [7, 11) is -3.22. The quantitative estimate of drug-likeness (QED) is 0.902. The highest BCUT2D eigenvalue weighted by atomic mass is 32.2. The molecule has 1 heterocycles. The molecule has 0 amide bonds. The van der Waals surface area contributed by atoms with Crippen molar-refractivity contribution in [1.82, 2.24) is 5.32 Å². The summed E-state index contributed by atoms with van der Waals surface area (Å²) >= 11 is 0. The summed E-state index contributed by atoms with van der Waals surface area (Å²) in [4.78, 5) is 0.473. The average molecular weight is 281 g/mol. The molecule has 0 aliphatic carbocycles. The predicted molar refractivity (Wildman–Crippen MR) is 77.9 cm³/mol. The summed E-state index contributed by atoms with van der Waals surface area (Å²) in [6.07, 6.45) is 5.97. The standard InChI is InChI=1S/C15H23NO2S/c1-2-3-7-13-8-6-9-14(12-13)19(17,18)15-10-4-5-11-16-15/h6,8-9,12,15-16H,2-5,7,10-11H2,1H3. The number of nitrogens with one attached hydrogen (secondary N) is 1. The molecule has 1 aliphatic heterocycles. The summed E-state index contributed by atoms with van der Waals surface area (Å²) in [5, 5.41) is 2.73. The molecule has 1 aromatic carbocycles. The van der Waals surface area contributed by atoms with Crippen molar-refractivity contribution in [3.8, 4) is 0 Å². The summed E-state index contributed by atoms with van der Waals surface area (Å²) in [6, 6.07) is 7.45. The third-order valence-electron chi connectivity index (χ3n) is 3.69. The molecular weight excluding hydrogens is 258 g/mol. The fourth-order valence-corrected chi connectivity index (χ4v) is 4.23. The Morgan fingerprint density at radius 3 is 2.84 bits per heavy atom. The van der Waals surface area contributed by atoms with E-state index in [-0.39, 0.29) is 0 Å². The number of aryl methyl sites for hydroxylation is 1. The fraction of sp³-hybridized carbons (Fsp3) is 0.600. The summed E-state index contributed by atoms with van der Waals surface area (Å²) in [5.74, 6) is 0. The zero-order valence-electron chi connectivity index (χ0n) is 11.6. The first-order valence-electron chi connectivity index (χ1n) is 7.21. The smallest absolute Gasteiger partial charge is 0.194 e. The third-order valence-corrected chi connectivity index (χ3v) is 5.75. The van der Waals surface area contributed by atoms with Gasteiger partial charge in [0.2, 0.25) is 0 Å². The number of benzene rings is 1. The van der Waals surface area contributed by atoms with Crippen LogP contribution in [0.15, 0.2) is 29.2 Å². The van der Waals surface area contributed by atoms with Crippen LogP contribution in [0.2, 0.25) is 0 Å². The van der Waals surface area contributed by atoms with E-state index in [1.807, 2.05) is 18.2 Å². The van der Waals surface area contributed by atoms with Crippen molar-refractivity contribution < 1.29 is 8.42 Å². The van der Waals surface area contributed by atoms with Gasteiger partial charge >= 0.3 is 0 Å². The van der Waals surface area contributed by atoms with Gasteiger partial charge in [0.05, 0.1) is 4.90 Å². The van der Waals surface area contributed by atoms with E-state index in [4.69, 9.17) is 0 Å². The lowest BCUT2D eigenvalue weighted by molar-refractivity contribution is 0.461. The minimum Gasteiger partial charge on any atom is -0.301 e. The summed E-state index contributed by atoms with van der Waals surface area (Å²) in [6.45, 7) is 2.95. The molecule has 0 radical (unpaired) electrons. The van der Waals surface area contributed by atoms with Gasteiger partial charge in [-0.1, -0.05) is 25.5 Å². The lowest BCUT2D eigenvalue weighted by atomic mass is 10.1. The first-order valence-corrected chi connectivity index (χ1v) is 8.75. The van der Waals surface area contributed by atoms with Crippen LogP contribution in [0.4, 0.5) is 0 Å². The molecule has 1 aliphatic rings. The van der Waals surface area contributed by atoms with Gasteiger partial charge in [-0.15, -0.1) is 0 Å². The van der Waals surface area contributed by atoms with E-state index in [0.29, 0.717) is 4.90 Å². The Hall–Kier alpha value is -0.870. The molecular formula is C15H23NO2S. The van der Waals surface area contributed by atoms with Gasteiger partial charge in [-0.3, -0.25) is 0 Å². The van der Waals surface area contributed by atoms with E-state index < -0.39 is 15.2 Å². The van der Waals surface area contributed by atoms with Crippen LogP contribution in [0.5, 0.6) is 0 Å². The Labute approximate surface area is 116 Å². The number of unbranched alkanes of at least 4 members (excludes halogenated alkanes) is 1. The van der Waals surface area contributed by atoms with Crippen molar-refractivity contribution in [3.63, 3.8) is 0 Å². The summed E-state index contributed by atoms with van der Waals surface area (Å²) < 4.78 is 25.1. The van der Waals surface area contributed by atoms with Gasteiger partial charge in [-0.25, -0.2) is 8.42 Å². The zero-order chi connectivity index (χ0) is 13.7. The van der Waals surface area contributed by atoms with Crippen LogP contribution in [-0.2, 0) is 16.3 Å². The van der Waals surface area contributed by atoms with Crippen molar-refractivity contribution in [2.45, 2.75) is 55.7 Å².